The summed E-state index contributed by atoms with van der Waals surface area (Å²) in [6.45, 7) is 3.11. The summed E-state index contributed by atoms with van der Waals surface area (Å²) in [6, 6.07) is 7.24. The van der Waals surface area contributed by atoms with Crippen molar-refractivity contribution in [3.8, 4) is 0 Å². The van der Waals surface area contributed by atoms with E-state index < -0.39 is 24.5 Å². The largest absolute Gasteiger partial charge is 0.455 e. The number of ether oxygens (including phenoxy) is 1. The smallest absolute Gasteiger partial charge is 0.321 e. The Balaban J connectivity index is 1.61. The second kappa shape index (κ2) is 9.14. The molecule has 3 amide bonds. The molecule has 0 radical (unpaired) electrons. The maximum atomic E-state index is 12.6. The lowest BCUT2D eigenvalue weighted by molar-refractivity contribution is -0.154. The van der Waals surface area contributed by atoms with Crippen LogP contribution in [0, 0.1) is 5.92 Å². The quantitative estimate of drug-likeness (QED) is 0.746. The van der Waals surface area contributed by atoms with Crippen molar-refractivity contribution >= 4 is 39.5 Å². The van der Waals surface area contributed by atoms with E-state index in [4.69, 9.17) is 9.72 Å². The number of thiazole rings is 1. The highest BCUT2D eigenvalue weighted by Crippen LogP contribution is 2.41. The van der Waals surface area contributed by atoms with Crippen LogP contribution in [0.25, 0.3) is 10.2 Å². The third-order valence-electron chi connectivity index (χ3n) is 4.71. The van der Waals surface area contributed by atoms with Gasteiger partial charge in [-0.3, -0.25) is 14.9 Å². The summed E-state index contributed by atoms with van der Waals surface area (Å²) in [4.78, 5) is 40.7. The lowest BCUT2D eigenvalue weighted by atomic mass is 9.79. The molecule has 7 nitrogen and oxygen atoms in total. The van der Waals surface area contributed by atoms with Gasteiger partial charge in [-0.25, -0.2) is 9.78 Å². The molecule has 1 aromatic heterocycles. The number of para-hydroxylation sites is 1. The number of esters is 1. The van der Waals surface area contributed by atoms with E-state index in [-0.39, 0.29) is 17.9 Å². The van der Waals surface area contributed by atoms with E-state index in [0.717, 1.165) is 40.9 Å². The van der Waals surface area contributed by atoms with Gasteiger partial charge in [0.1, 0.15) is 0 Å². The number of fused-ring (bicyclic) bond motifs is 1. The number of amides is 3. The molecule has 0 spiro atoms. The van der Waals surface area contributed by atoms with E-state index in [1.165, 1.54) is 0 Å². The molecule has 150 valence electrons. The van der Waals surface area contributed by atoms with Crippen LogP contribution in [0.4, 0.5) is 4.79 Å². The predicted molar refractivity (Wildman–Crippen MR) is 107 cm³/mol. The normalized spacial score (nSPS) is 19.4. The fraction of sp³-hybridized carbons (Fsp3) is 0.500. The summed E-state index contributed by atoms with van der Waals surface area (Å²) < 4.78 is 6.32. The van der Waals surface area contributed by atoms with Crippen molar-refractivity contribution in [2.45, 2.75) is 51.5 Å². The van der Waals surface area contributed by atoms with Gasteiger partial charge in [-0.15, -0.1) is 11.3 Å². The molecule has 1 aliphatic rings. The summed E-state index contributed by atoms with van der Waals surface area (Å²) in [5.41, 5.74) is 0.940. The molecule has 3 rings (SSSR count). The van der Waals surface area contributed by atoms with Gasteiger partial charge in [-0.05, 0) is 38.8 Å². The fourth-order valence-electron chi connectivity index (χ4n) is 3.46. The van der Waals surface area contributed by atoms with Crippen molar-refractivity contribution in [2.75, 3.05) is 6.61 Å². The molecule has 2 N–H and O–H groups in total. The zero-order valence-corrected chi connectivity index (χ0v) is 16.9. The molecule has 1 fully saturated rings. The van der Waals surface area contributed by atoms with Crippen molar-refractivity contribution in [3.05, 3.63) is 29.3 Å². The van der Waals surface area contributed by atoms with Crippen LogP contribution in [0.15, 0.2) is 24.3 Å². The molecule has 8 heteroatoms. The summed E-state index contributed by atoms with van der Waals surface area (Å²) in [6.07, 6.45) is 3.59. The number of imide groups is 1. The van der Waals surface area contributed by atoms with Crippen LogP contribution in [0.3, 0.4) is 0 Å². The van der Waals surface area contributed by atoms with Gasteiger partial charge in [-0.1, -0.05) is 25.0 Å². The van der Waals surface area contributed by atoms with Gasteiger partial charge in [0, 0.05) is 12.0 Å². The third kappa shape index (κ3) is 5.07. The molecule has 0 bridgehead atoms. The Labute approximate surface area is 167 Å². The Morgan fingerprint density at radius 3 is 2.71 bits per heavy atom. The van der Waals surface area contributed by atoms with Gasteiger partial charge in [0.15, 0.2) is 6.61 Å². The SMILES string of the molecule is CC(C)NC(=O)NC(=O)COC(=O)[C@H]1CCCC[C@H]1c1nc2ccccc2s1. The van der Waals surface area contributed by atoms with Crippen LogP contribution in [0.1, 0.15) is 50.5 Å². The zero-order chi connectivity index (χ0) is 20.1. The number of hydrogen-bond donors (Lipinski definition) is 2. The molecule has 28 heavy (non-hydrogen) atoms. The number of rotatable bonds is 5. The molecule has 2 aromatic rings. The number of nitrogens with zero attached hydrogens (tertiary/aromatic N) is 1. The highest BCUT2D eigenvalue weighted by Gasteiger charge is 2.35. The minimum absolute atomic E-state index is 0.00551. The third-order valence-corrected chi connectivity index (χ3v) is 5.88. The molecule has 0 aliphatic heterocycles. The molecule has 2 atom stereocenters. The van der Waals surface area contributed by atoms with E-state index in [0.29, 0.717) is 0 Å². The molecular weight excluding hydrogens is 378 g/mol. The number of nitrogens with one attached hydrogen (secondary N) is 2. The molecule has 1 aromatic carbocycles. The highest BCUT2D eigenvalue weighted by atomic mass is 32.1. The first-order valence-electron chi connectivity index (χ1n) is 9.56. The topological polar surface area (TPSA) is 97.4 Å². The fourth-order valence-corrected chi connectivity index (χ4v) is 4.63. The number of benzene rings is 1. The first-order chi connectivity index (χ1) is 13.4. The molecule has 0 unspecified atom stereocenters. The lowest BCUT2D eigenvalue weighted by Crippen LogP contribution is -2.44. The molecule has 1 heterocycles. The van der Waals surface area contributed by atoms with E-state index >= 15 is 0 Å². The van der Waals surface area contributed by atoms with Gasteiger partial charge in [0.2, 0.25) is 0 Å². The summed E-state index contributed by atoms with van der Waals surface area (Å²) in [7, 11) is 0. The minimum atomic E-state index is -0.640. The van der Waals surface area contributed by atoms with Gasteiger partial charge in [0.05, 0.1) is 21.1 Å². The Bertz CT molecular complexity index is 831. The van der Waals surface area contributed by atoms with Crippen molar-refractivity contribution in [1.82, 2.24) is 15.6 Å². The van der Waals surface area contributed by atoms with Crippen LogP contribution >= 0.6 is 11.3 Å². The minimum Gasteiger partial charge on any atom is -0.455 e. The lowest BCUT2D eigenvalue weighted by Gasteiger charge is -2.28. The zero-order valence-electron chi connectivity index (χ0n) is 16.1. The molecular formula is C20H25N3O4S. The number of urea groups is 1. The van der Waals surface area contributed by atoms with Crippen LogP contribution < -0.4 is 10.6 Å². The van der Waals surface area contributed by atoms with Gasteiger partial charge in [0.25, 0.3) is 5.91 Å². The van der Waals surface area contributed by atoms with Crippen molar-refractivity contribution in [3.63, 3.8) is 0 Å². The van der Waals surface area contributed by atoms with Crippen molar-refractivity contribution in [2.24, 2.45) is 5.92 Å². The van der Waals surface area contributed by atoms with Gasteiger partial charge in [-0.2, -0.15) is 0 Å². The highest BCUT2D eigenvalue weighted by molar-refractivity contribution is 7.18. The van der Waals surface area contributed by atoms with Crippen LogP contribution in [-0.4, -0.2) is 35.5 Å². The Kier molecular flexibility index (Phi) is 6.61. The summed E-state index contributed by atoms with van der Waals surface area (Å²) in [5, 5.41) is 5.65. The average Bonchev–Trinajstić information content (AvgIpc) is 3.09. The molecule has 1 aliphatic carbocycles. The summed E-state index contributed by atoms with van der Waals surface area (Å²) in [5.74, 6) is -1.35. The van der Waals surface area contributed by atoms with Crippen LogP contribution in [0.2, 0.25) is 0 Å². The van der Waals surface area contributed by atoms with Gasteiger partial charge < -0.3 is 10.1 Å². The van der Waals surface area contributed by atoms with E-state index in [2.05, 4.69) is 10.6 Å². The predicted octanol–water partition coefficient (Wildman–Crippen LogP) is 3.35. The number of hydrogen-bond acceptors (Lipinski definition) is 6. The standard InChI is InChI=1S/C20H25N3O4S/c1-12(2)21-20(26)23-17(24)11-27-19(25)14-8-4-3-7-13(14)18-22-15-9-5-6-10-16(15)28-18/h5-6,9-10,12-14H,3-4,7-8,11H2,1-2H3,(H2,21,23,24,26)/t13-,14+/m1/s1. The Morgan fingerprint density at radius 2 is 1.96 bits per heavy atom. The Hall–Kier alpha value is -2.48. The second-order valence-corrected chi connectivity index (χ2v) is 8.36. The number of aromatic nitrogens is 1. The van der Waals surface area contributed by atoms with E-state index in [9.17, 15) is 14.4 Å². The molecule has 0 saturated heterocycles. The first kappa shape index (κ1) is 20.3. The molecule has 1 saturated carbocycles. The van der Waals surface area contributed by atoms with Crippen molar-refractivity contribution in [1.29, 1.82) is 0 Å². The van der Waals surface area contributed by atoms with Gasteiger partial charge >= 0.3 is 12.0 Å². The maximum absolute atomic E-state index is 12.6. The van der Waals surface area contributed by atoms with E-state index in [1.807, 2.05) is 24.3 Å². The maximum Gasteiger partial charge on any atom is 0.321 e. The summed E-state index contributed by atoms with van der Waals surface area (Å²) >= 11 is 1.61. The first-order valence-corrected chi connectivity index (χ1v) is 10.4. The van der Waals surface area contributed by atoms with E-state index in [1.54, 1.807) is 25.2 Å². The average molecular weight is 404 g/mol. The van der Waals surface area contributed by atoms with Crippen LogP contribution in [-0.2, 0) is 14.3 Å². The van der Waals surface area contributed by atoms with Crippen molar-refractivity contribution < 1.29 is 19.1 Å². The monoisotopic (exact) mass is 403 g/mol. The number of carbonyl (C=O) groups excluding carboxylic acids is 3. The Morgan fingerprint density at radius 1 is 1.21 bits per heavy atom. The number of carbonyl (C=O) groups is 3. The second-order valence-electron chi connectivity index (χ2n) is 7.30. The van der Waals surface area contributed by atoms with Crippen LogP contribution in [0.5, 0.6) is 0 Å².